The van der Waals surface area contributed by atoms with Gasteiger partial charge in [0.15, 0.2) is 0 Å². The van der Waals surface area contributed by atoms with Gasteiger partial charge in [-0.3, -0.25) is 0 Å². The molecule has 1 aromatic rings. The molecular formula is C8H11BrF3N3O. The fourth-order valence-electron chi connectivity index (χ4n) is 1.22. The minimum Gasteiger partial charge on any atom is -0.383 e. The molecule has 0 bridgehead atoms. The predicted octanol–water partition coefficient (Wildman–Crippen LogP) is 1.92. The molecule has 4 nitrogen and oxygen atoms in total. The number of aromatic nitrogens is 3. The van der Waals surface area contributed by atoms with Crippen LogP contribution in [0.5, 0.6) is 0 Å². The van der Waals surface area contributed by atoms with Crippen molar-refractivity contribution in [1.29, 1.82) is 0 Å². The van der Waals surface area contributed by atoms with Crippen LogP contribution in [0.1, 0.15) is 11.6 Å². The molecule has 92 valence electrons. The summed E-state index contributed by atoms with van der Waals surface area (Å²) in [7, 11) is 1.49. The Kier molecular flexibility index (Phi) is 4.72. The molecule has 0 saturated heterocycles. The number of hydrogen-bond acceptors (Lipinski definition) is 3. The van der Waals surface area contributed by atoms with Gasteiger partial charge in [0, 0.05) is 13.7 Å². The van der Waals surface area contributed by atoms with Crippen molar-refractivity contribution in [2.24, 2.45) is 0 Å². The molecule has 16 heavy (non-hydrogen) atoms. The summed E-state index contributed by atoms with van der Waals surface area (Å²) in [5.41, 5.74) is 0. The van der Waals surface area contributed by atoms with E-state index in [-0.39, 0.29) is 5.82 Å². The van der Waals surface area contributed by atoms with Crippen molar-refractivity contribution in [1.82, 2.24) is 14.8 Å². The highest BCUT2D eigenvalue weighted by Gasteiger charge is 2.31. The van der Waals surface area contributed by atoms with Gasteiger partial charge in [0.25, 0.3) is 0 Å². The number of hydrogen-bond donors (Lipinski definition) is 0. The lowest BCUT2D eigenvalue weighted by atomic mass is 10.4. The minimum absolute atomic E-state index is 0.0843. The van der Waals surface area contributed by atoms with Crippen molar-refractivity contribution in [3.05, 3.63) is 11.6 Å². The van der Waals surface area contributed by atoms with E-state index in [2.05, 4.69) is 26.1 Å². The maximum absolute atomic E-state index is 12.2. The second-order valence-electron chi connectivity index (χ2n) is 3.10. The van der Waals surface area contributed by atoms with E-state index in [4.69, 9.17) is 4.74 Å². The highest BCUT2D eigenvalue weighted by Crippen LogP contribution is 2.21. The monoisotopic (exact) mass is 301 g/mol. The van der Waals surface area contributed by atoms with Crippen LogP contribution in [-0.2, 0) is 23.0 Å². The lowest BCUT2D eigenvalue weighted by Crippen LogP contribution is -2.18. The Bertz CT molecular complexity index is 340. The van der Waals surface area contributed by atoms with Crippen LogP contribution in [0.15, 0.2) is 0 Å². The molecular weight excluding hydrogens is 291 g/mol. The molecule has 1 aromatic heterocycles. The van der Waals surface area contributed by atoms with Crippen LogP contribution in [-0.4, -0.2) is 34.7 Å². The lowest BCUT2D eigenvalue weighted by Gasteiger charge is -2.10. The first-order valence-electron chi connectivity index (χ1n) is 4.50. The van der Waals surface area contributed by atoms with Gasteiger partial charge in [-0.05, 0) is 0 Å². The third-order valence-corrected chi connectivity index (χ3v) is 2.40. The van der Waals surface area contributed by atoms with Gasteiger partial charge in [-0.25, -0.2) is 0 Å². The van der Waals surface area contributed by atoms with Crippen molar-refractivity contribution in [3.8, 4) is 0 Å². The Morgan fingerprint density at radius 2 is 1.94 bits per heavy atom. The van der Waals surface area contributed by atoms with E-state index in [9.17, 15) is 13.2 Å². The maximum Gasteiger partial charge on any atom is 0.396 e. The number of halogens is 4. The Morgan fingerprint density at radius 3 is 2.44 bits per heavy atom. The molecule has 0 unspecified atom stereocenters. The molecule has 1 heterocycles. The fraction of sp³-hybridized carbons (Fsp3) is 0.750. The first kappa shape index (κ1) is 13.4. The number of nitrogens with zero attached hydrogens (tertiary/aromatic N) is 3. The van der Waals surface area contributed by atoms with E-state index in [0.29, 0.717) is 24.3 Å². The summed E-state index contributed by atoms with van der Waals surface area (Å²) >= 11 is 3.15. The Morgan fingerprint density at radius 1 is 1.31 bits per heavy atom. The van der Waals surface area contributed by atoms with Gasteiger partial charge in [-0.2, -0.15) is 13.2 Å². The van der Waals surface area contributed by atoms with Crippen molar-refractivity contribution >= 4 is 15.9 Å². The molecule has 0 saturated carbocycles. The molecule has 0 radical (unpaired) electrons. The molecule has 0 aliphatic heterocycles. The molecule has 1 rings (SSSR count). The second-order valence-corrected chi connectivity index (χ2v) is 3.66. The zero-order chi connectivity index (χ0) is 12.2. The van der Waals surface area contributed by atoms with E-state index in [1.807, 2.05) is 0 Å². The highest BCUT2D eigenvalue weighted by atomic mass is 79.9. The third-order valence-electron chi connectivity index (χ3n) is 1.90. The average molecular weight is 302 g/mol. The van der Waals surface area contributed by atoms with E-state index < -0.39 is 12.6 Å². The predicted molar refractivity (Wildman–Crippen MR) is 54.3 cm³/mol. The van der Waals surface area contributed by atoms with Crippen molar-refractivity contribution < 1.29 is 17.9 Å². The van der Waals surface area contributed by atoms with Gasteiger partial charge in [-0.1, -0.05) is 15.9 Å². The van der Waals surface area contributed by atoms with Gasteiger partial charge in [0.05, 0.1) is 11.9 Å². The maximum atomic E-state index is 12.2. The van der Waals surface area contributed by atoms with Crippen molar-refractivity contribution in [2.45, 2.75) is 24.5 Å². The van der Waals surface area contributed by atoms with Crippen LogP contribution in [0.2, 0.25) is 0 Å². The summed E-state index contributed by atoms with van der Waals surface area (Å²) in [6.45, 7) is 0.638. The zero-order valence-electron chi connectivity index (χ0n) is 8.59. The second kappa shape index (κ2) is 5.62. The molecule has 0 atom stereocenters. The standard InChI is InChI=1S/C8H11BrF3N3O/c1-16-3-2-15-6(4-8(10,11)12)13-14-7(15)5-9/h2-5H2,1H3. The summed E-state index contributed by atoms with van der Waals surface area (Å²) < 4.78 is 42.9. The summed E-state index contributed by atoms with van der Waals surface area (Å²) in [5.74, 6) is 0.385. The van der Waals surface area contributed by atoms with Gasteiger partial charge in [0.1, 0.15) is 18.1 Å². The lowest BCUT2D eigenvalue weighted by molar-refractivity contribution is -0.129. The fourth-order valence-corrected chi connectivity index (χ4v) is 1.64. The zero-order valence-corrected chi connectivity index (χ0v) is 10.2. The smallest absolute Gasteiger partial charge is 0.383 e. The van der Waals surface area contributed by atoms with Gasteiger partial charge in [-0.15, -0.1) is 10.2 Å². The van der Waals surface area contributed by atoms with Crippen LogP contribution < -0.4 is 0 Å². The molecule has 0 fully saturated rings. The van der Waals surface area contributed by atoms with Crippen LogP contribution in [0.4, 0.5) is 13.2 Å². The van der Waals surface area contributed by atoms with Crippen LogP contribution in [0.3, 0.4) is 0 Å². The summed E-state index contributed by atoms with van der Waals surface area (Å²) in [4.78, 5) is 0. The number of methoxy groups -OCH3 is 1. The molecule has 8 heteroatoms. The summed E-state index contributed by atoms with van der Waals surface area (Å²) in [6.07, 6.45) is -5.35. The molecule has 0 aliphatic rings. The molecule has 0 spiro atoms. The van der Waals surface area contributed by atoms with E-state index in [0.717, 1.165) is 0 Å². The van der Waals surface area contributed by atoms with Crippen LogP contribution in [0.25, 0.3) is 0 Å². The normalized spacial score (nSPS) is 12.1. The number of ether oxygens (including phenoxy) is 1. The van der Waals surface area contributed by atoms with Gasteiger partial charge >= 0.3 is 6.18 Å². The molecule has 0 aromatic carbocycles. The third kappa shape index (κ3) is 3.75. The molecule has 0 N–H and O–H groups in total. The van der Waals surface area contributed by atoms with E-state index >= 15 is 0 Å². The van der Waals surface area contributed by atoms with E-state index in [1.165, 1.54) is 11.7 Å². The Balaban J connectivity index is 2.86. The number of rotatable bonds is 5. The Hall–Kier alpha value is -0.630. The van der Waals surface area contributed by atoms with Gasteiger partial charge in [0.2, 0.25) is 0 Å². The summed E-state index contributed by atoms with van der Waals surface area (Å²) in [6, 6.07) is 0. The Labute approximate surface area is 98.9 Å². The minimum atomic E-state index is -4.28. The van der Waals surface area contributed by atoms with Crippen LogP contribution in [0, 0.1) is 0 Å². The summed E-state index contributed by atoms with van der Waals surface area (Å²) in [5, 5.41) is 7.58. The largest absolute Gasteiger partial charge is 0.396 e. The topological polar surface area (TPSA) is 39.9 Å². The van der Waals surface area contributed by atoms with Crippen LogP contribution >= 0.6 is 15.9 Å². The van der Waals surface area contributed by atoms with E-state index in [1.54, 1.807) is 0 Å². The first-order chi connectivity index (χ1) is 7.48. The quantitative estimate of drug-likeness (QED) is 0.780. The first-order valence-corrected chi connectivity index (χ1v) is 5.62. The average Bonchev–Trinajstić information content (AvgIpc) is 2.55. The SMILES string of the molecule is COCCn1c(CBr)nnc1CC(F)(F)F. The molecule has 0 amide bonds. The van der Waals surface area contributed by atoms with Gasteiger partial charge < -0.3 is 9.30 Å². The van der Waals surface area contributed by atoms with Crippen molar-refractivity contribution in [3.63, 3.8) is 0 Å². The molecule has 0 aliphatic carbocycles. The van der Waals surface area contributed by atoms with Crippen molar-refractivity contribution in [2.75, 3.05) is 13.7 Å². The highest BCUT2D eigenvalue weighted by molar-refractivity contribution is 9.08. The number of alkyl halides is 4.